The highest BCUT2D eigenvalue weighted by molar-refractivity contribution is 5.89. The maximum Gasteiger partial charge on any atom is 0.355 e. The van der Waals surface area contributed by atoms with Crippen LogP contribution >= 0.6 is 0 Å². The van der Waals surface area contributed by atoms with Gasteiger partial charge in [0.25, 0.3) is 0 Å². The lowest BCUT2D eigenvalue weighted by molar-refractivity contribution is 0.0379. The van der Waals surface area contributed by atoms with Crippen molar-refractivity contribution in [2.75, 3.05) is 0 Å². The second-order valence-electron chi connectivity index (χ2n) is 5.36. The van der Waals surface area contributed by atoms with Gasteiger partial charge < -0.3 is 9.72 Å². The maximum absolute atomic E-state index is 12.4. The standard InChI is InChI=1S/C19H12N2O2/c20-11-12-9-10-17(21-12)19(22)23-18-15-7-3-1-5-13(15)14-6-2-4-8-16(14)18/h1-10,18,21H. The molecule has 1 aliphatic rings. The number of fused-ring (bicyclic) bond motifs is 3. The van der Waals surface area contributed by atoms with Crippen molar-refractivity contribution >= 4 is 5.97 Å². The monoisotopic (exact) mass is 300 g/mol. The molecule has 0 aliphatic heterocycles. The molecule has 0 fully saturated rings. The predicted octanol–water partition coefficient (Wildman–Crippen LogP) is 3.81. The van der Waals surface area contributed by atoms with Crippen LogP contribution in [0.5, 0.6) is 0 Å². The number of aromatic nitrogens is 1. The number of esters is 1. The van der Waals surface area contributed by atoms with Gasteiger partial charge in [0.15, 0.2) is 6.10 Å². The second kappa shape index (κ2) is 5.15. The molecule has 4 nitrogen and oxygen atoms in total. The number of nitriles is 1. The van der Waals surface area contributed by atoms with Crippen LogP contribution in [0.1, 0.15) is 33.4 Å². The predicted molar refractivity (Wildman–Crippen MR) is 84.6 cm³/mol. The Morgan fingerprint density at radius 2 is 1.57 bits per heavy atom. The number of nitrogens with one attached hydrogen (secondary N) is 1. The fourth-order valence-corrected chi connectivity index (χ4v) is 2.99. The van der Waals surface area contributed by atoms with Crippen LogP contribution in [0.25, 0.3) is 11.1 Å². The van der Waals surface area contributed by atoms with Crippen molar-refractivity contribution in [1.29, 1.82) is 5.26 Å². The zero-order chi connectivity index (χ0) is 15.8. The average molecular weight is 300 g/mol. The van der Waals surface area contributed by atoms with Gasteiger partial charge in [-0.25, -0.2) is 4.79 Å². The molecule has 0 bridgehead atoms. The largest absolute Gasteiger partial charge is 0.448 e. The molecule has 0 atom stereocenters. The number of nitrogens with zero attached hydrogens (tertiary/aromatic N) is 1. The first-order chi connectivity index (χ1) is 11.3. The van der Waals surface area contributed by atoms with Gasteiger partial charge in [0, 0.05) is 11.1 Å². The number of hydrogen-bond acceptors (Lipinski definition) is 3. The van der Waals surface area contributed by atoms with E-state index in [2.05, 4.69) is 4.98 Å². The zero-order valence-corrected chi connectivity index (χ0v) is 12.1. The molecule has 0 radical (unpaired) electrons. The summed E-state index contributed by atoms with van der Waals surface area (Å²) >= 11 is 0. The molecule has 3 aromatic rings. The third-order valence-electron chi connectivity index (χ3n) is 4.03. The molecule has 0 saturated carbocycles. The van der Waals surface area contributed by atoms with Gasteiger partial charge in [0.2, 0.25) is 0 Å². The molecule has 1 heterocycles. The lowest BCUT2D eigenvalue weighted by Crippen LogP contribution is -2.11. The van der Waals surface area contributed by atoms with Crippen molar-refractivity contribution in [2.45, 2.75) is 6.10 Å². The minimum Gasteiger partial charge on any atom is -0.448 e. The highest BCUT2D eigenvalue weighted by Gasteiger charge is 2.31. The van der Waals surface area contributed by atoms with Crippen LogP contribution in [0.15, 0.2) is 60.7 Å². The van der Waals surface area contributed by atoms with Gasteiger partial charge in [-0.05, 0) is 23.3 Å². The number of aromatic amines is 1. The molecule has 1 aromatic heterocycles. The number of ether oxygens (including phenoxy) is 1. The van der Waals surface area contributed by atoms with Crippen molar-refractivity contribution in [3.05, 3.63) is 83.2 Å². The van der Waals surface area contributed by atoms with E-state index in [4.69, 9.17) is 10.00 Å². The van der Waals surface area contributed by atoms with E-state index in [1.165, 1.54) is 0 Å². The van der Waals surface area contributed by atoms with Gasteiger partial charge in [-0.15, -0.1) is 0 Å². The molecular formula is C19H12N2O2. The first-order valence-corrected chi connectivity index (χ1v) is 7.26. The van der Waals surface area contributed by atoms with Crippen LogP contribution in [-0.2, 0) is 4.74 Å². The number of hydrogen-bond donors (Lipinski definition) is 1. The highest BCUT2D eigenvalue weighted by Crippen LogP contribution is 2.45. The Labute approximate surface area is 133 Å². The van der Waals surface area contributed by atoms with Gasteiger partial charge in [-0.2, -0.15) is 5.26 Å². The SMILES string of the molecule is N#Cc1ccc(C(=O)OC2c3ccccc3-c3ccccc32)[nH]1. The summed E-state index contributed by atoms with van der Waals surface area (Å²) in [6.45, 7) is 0. The summed E-state index contributed by atoms with van der Waals surface area (Å²) in [5.74, 6) is -0.469. The Bertz CT molecular complexity index is 904. The van der Waals surface area contributed by atoms with Crippen LogP contribution in [0.2, 0.25) is 0 Å². The lowest BCUT2D eigenvalue weighted by atomic mass is 10.1. The Hall–Kier alpha value is -3.32. The summed E-state index contributed by atoms with van der Waals surface area (Å²) in [4.78, 5) is 15.1. The van der Waals surface area contributed by atoms with Gasteiger partial charge in [-0.1, -0.05) is 48.5 Å². The van der Waals surface area contributed by atoms with Crippen molar-refractivity contribution in [1.82, 2.24) is 4.98 Å². The number of H-pyrrole nitrogens is 1. The summed E-state index contributed by atoms with van der Waals surface area (Å²) in [5, 5.41) is 8.84. The van der Waals surface area contributed by atoms with Gasteiger partial charge in [0.05, 0.1) is 0 Å². The van der Waals surface area contributed by atoms with E-state index in [0.717, 1.165) is 22.3 Å². The summed E-state index contributed by atoms with van der Waals surface area (Å²) in [6, 6.07) is 20.9. The molecule has 1 N–H and O–H groups in total. The first-order valence-electron chi connectivity index (χ1n) is 7.26. The fourth-order valence-electron chi connectivity index (χ4n) is 2.99. The Balaban J connectivity index is 1.72. The van der Waals surface area contributed by atoms with E-state index < -0.39 is 12.1 Å². The van der Waals surface area contributed by atoms with Gasteiger partial charge in [-0.3, -0.25) is 0 Å². The van der Waals surface area contributed by atoms with Gasteiger partial charge >= 0.3 is 5.97 Å². The normalized spacial score (nSPS) is 12.3. The third kappa shape index (κ3) is 2.11. The summed E-state index contributed by atoms with van der Waals surface area (Å²) in [5.41, 5.74) is 4.76. The van der Waals surface area contributed by atoms with Crippen LogP contribution in [0.4, 0.5) is 0 Å². The van der Waals surface area contributed by atoms with Crippen molar-refractivity contribution in [2.24, 2.45) is 0 Å². The zero-order valence-electron chi connectivity index (χ0n) is 12.1. The number of benzene rings is 2. The van der Waals surface area contributed by atoms with E-state index in [1.54, 1.807) is 12.1 Å². The van der Waals surface area contributed by atoms with Crippen LogP contribution < -0.4 is 0 Å². The molecule has 23 heavy (non-hydrogen) atoms. The minimum atomic E-state index is -0.469. The fraction of sp³-hybridized carbons (Fsp3) is 0.0526. The van der Waals surface area contributed by atoms with Crippen LogP contribution in [0, 0.1) is 11.3 Å². The van der Waals surface area contributed by atoms with E-state index >= 15 is 0 Å². The van der Waals surface area contributed by atoms with E-state index in [0.29, 0.717) is 5.69 Å². The van der Waals surface area contributed by atoms with Crippen molar-refractivity contribution in [3.63, 3.8) is 0 Å². The maximum atomic E-state index is 12.4. The molecule has 2 aromatic carbocycles. The minimum absolute atomic E-state index is 0.281. The molecule has 4 rings (SSSR count). The highest BCUT2D eigenvalue weighted by atomic mass is 16.5. The van der Waals surface area contributed by atoms with E-state index in [1.807, 2.05) is 54.6 Å². The number of carbonyl (C=O) groups excluding carboxylic acids is 1. The molecule has 0 saturated heterocycles. The first kappa shape index (κ1) is 13.4. The van der Waals surface area contributed by atoms with Crippen molar-refractivity contribution < 1.29 is 9.53 Å². The van der Waals surface area contributed by atoms with E-state index in [9.17, 15) is 4.79 Å². The molecule has 4 heteroatoms. The average Bonchev–Trinajstić information content (AvgIpc) is 3.19. The smallest absolute Gasteiger partial charge is 0.355 e. The Kier molecular flexibility index (Phi) is 2.99. The molecule has 1 aliphatic carbocycles. The Morgan fingerprint density at radius 3 is 2.13 bits per heavy atom. The quantitative estimate of drug-likeness (QED) is 0.732. The Morgan fingerprint density at radius 1 is 0.957 bits per heavy atom. The third-order valence-corrected chi connectivity index (χ3v) is 4.03. The summed E-state index contributed by atoms with van der Waals surface area (Å²) in [7, 11) is 0. The second-order valence-corrected chi connectivity index (χ2v) is 5.36. The molecule has 0 unspecified atom stereocenters. The number of rotatable bonds is 2. The van der Waals surface area contributed by atoms with Crippen molar-refractivity contribution in [3.8, 4) is 17.2 Å². The summed E-state index contributed by atoms with van der Waals surface area (Å²) in [6.07, 6.45) is -0.427. The van der Waals surface area contributed by atoms with Crippen LogP contribution in [-0.4, -0.2) is 11.0 Å². The topological polar surface area (TPSA) is 65.9 Å². The summed E-state index contributed by atoms with van der Waals surface area (Å²) < 4.78 is 5.73. The van der Waals surface area contributed by atoms with Crippen LogP contribution in [0.3, 0.4) is 0 Å². The molecule has 0 spiro atoms. The molecule has 0 amide bonds. The van der Waals surface area contributed by atoms with E-state index in [-0.39, 0.29) is 5.69 Å². The lowest BCUT2D eigenvalue weighted by Gasteiger charge is -2.14. The molecular weight excluding hydrogens is 288 g/mol. The molecule has 110 valence electrons. The van der Waals surface area contributed by atoms with Gasteiger partial charge in [0.1, 0.15) is 17.5 Å². The number of carbonyl (C=O) groups is 1.